The topological polar surface area (TPSA) is 58.4 Å². The monoisotopic (exact) mass is 291 g/mol. The fourth-order valence-corrected chi connectivity index (χ4v) is 2.98. The maximum Gasteiger partial charge on any atom is 0.317 e. The number of piperidine rings is 1. The molecule has 2 heterocycles. The predicted octanol–water partition coefficient (Wildman–Crippen LogP) is 2.00. The highest BCUT2D eigenvalue weighted by molar-refractivity contribution is 7.10. The van der Waals surface area contributed by atoms with Crippen LogP contribution >= 0.6 is 11.3 Å². The van der Waals surface area contributed by atoms with Crippen LogP contribution in [-0.2, 0) is 6.54 Å². The number of nitrogens with one attached hydrogen (secondary N) is 1. The summed E-state index contributed by atoms with van der Waals surface area (Å²) in [7, 11) is 0. The van der Waals surface area contributed by atoms with Gasteiger partial charge in [0.25, 0.3) is 0 Å². The Morgan fingerprint density at radius 1 is 1.55 bits per heavy atom. The number of nitrogens with two attached hydrogens (primary N) is 1. The molecule has 1 saturated heterocycles. The Kier molecular flexibility index (Phi) is 5.45. The molecule has 108 valence electrons. The average Bonchev–Trinajstić information content (AvgIpc) is 2.90. The van der Waals surface area contributed by atoms with Gasteiger partial charge >= 0.3 is 6.03 Å². The van der Waals surface area contributed by atoms with Gasteiger partial charge in [0.2, 0.25) is 0 Å². The molecule has 1 aromatic heterocycles. The maximum atomic E-state index is 12.1. The smallest absolute Gasteiger partial charge is 0.317 e. The van der Waals surface area contributed by atoms with Crippen molar-refractivity contribution in [2.45, 2.75) is 26.3 Å². The maximum absolute atomic E-state index is 12.1. The Balaban J connectivity index is 1.86. The Morgan fingerprint density at radius 2 is 2.30 bits per heavy atom. The van der Waals surface area contributed by atoms with Gasteiger partial charge in [-0.25, -0.2) is 4.79 Å². The number of amides is 2. The summed E-state index contributed by atoms with van der Waals surface area (Å²) in [6, 6.07) is 2.00. The first-order valence-electron chi connectivity index (χ1n) is 6.98. The second-order valence-corrected chi connectivity index (χ2v) is 6.09. The molecule has 2 amide bonds. The van der Waals surface area contributed by atoms with Gasteiger partial charge in [-0.15, -0.1) is 11.3 Å². The van der Waals surface area contributed by atoms with Gasteiger partial charge in [0.15, 0.2) is 0 Å². The Hall–Kier alpha value is -1.51. The van der Waals surface area contributed by atoms with Gasteiger partial charge in [0.05, 0.1) is 13.1 Å². The van der Waals surface area contributed by atoms with Crippen LogP contribution in [0.3, 0.4) is 0 Å². The zero-order chi connectivity index (χ0) is 14.4. The molecule has 0 bridgehead atoms. The lowest BCUT2D eigenvalue weighted by atomic mass is 10.00. The summed E-state index contributed by atoms with van der Waals surface area (Å²) < 4.78 is 0. The number of thiophene rings is 1. The third-order valence-corrected chi connectivity index (χ3v) is 4.46. The summed E-state index contributed by atoms with van der Waals surface area (Å²) in [6.45, 7) is 4.85. The van der Waals surface area contributed by atoms with Gasteiger partial charge in [0.1, 0.15) is 0 Å². The first-order chi connectivity index (χ1) is 9.70. The molecule has 2 rings (SSSR count). The zero-order valence-corrected chi connectivity index (χ0v) is 12.6. The van der Waals surface area contributed by atoms with E-state index in [1.54, 1.807) is 11.3 Å². The van der Waals surface area contributed by atoms with Crippen LogP contribution in [0.2, 0.25) is 0 Å². The minimum atomic E-state index is 0.0306. The van der Waals surface area contributed by atoms with Crippen LogP contribution in [0.4, 0.5) is 4.79 Å². The Morgan fingerprint density at radius 3 is 3.00 bits per heavy atom. The molecule has 0 aliphatic carbocycles. The molecule has 1 aromatic rings. The van der Waals surface area contributed by atoms with E-state index in [2.05, 4.69) is 24.1 Å². The van der Waals surface area contributed by atoms with E-state index in [4.69, 9.17) is 5.73 Å². The third-order valence-electron chi connectivity index (χ3n) is 3.54. The van der Waals surface area contributed by atoms with Crippen molar-refractivity contribution in [3.63, 3.8) is 0 Å². The van der Waals surface area contributed by atoms with Gasteiger partial charge in [-0.2, -0.15) is 0 Å². The minimum Gasteiger partial charge on any atom is -0.333 e. The van der Waals surface area contributed by atoms with E-state index in [-0.39, 0.29) is 6.03 Å². The van der Waals surface area contributed by atoms with Gasteiger partial charge in [0, 0.05) is 23.5 Å². The zero-order valence-electron chi connectivity index (χ0n) is 11.8. The molecule has 4 nitrogen and oxygen atoms in total. The molecule has 0 radical (unpaired) electrons. The fraction of sp³-hybridized carbons (Fsp3) is 0.533. The molecular formula is C15H21N3OS. The molecule has 3 N–H and O–H groups in total. The highest BCUT2D eigenvalue weighted by Gasteiger charge is 2.20. The van der Waals surface area contributed by atoms with Gasteiger partial charge in [-0.1, -0.05) is 18.8 Å². The lowest BCUT2D eigenvalue weighted by molar-refractivity contribution is 0.173. The molecule has 20 heavy (non-hydrogen) atoms. The summed E-state index contributed by atoms with van der Waals surface area (Å²) in [6.07, 6.45) is 2.19. The summed E-state index contributed by atoms with van der Waals surface area (Å²) in [5.41, 5.74) is 6.35. The van der Waals surface area contributed by atoms with Crippen molar-refractivity contribution in [1.82, 2.24) is 10.2 Å². The van der Waals surface area contributed by atoms with E-state index < -0.39 is 0 Å². The normalized spacial score (nSPS) is 15.6. The quantitative estimate of drug-likeness (QED) is 0.819. The molecule has 0 aromatic carbocycles. The molecule has 5 heteroatoms. The van der Waals surface area contributed by atoms with E-state index in [0.29, 0.717) is 13.1 Å². The molecule has 0 saturated carbocycles. The second kappa shape index (κ2) is 7.32. The third kappa shape index (κ3) is 3.99. The van der Waals surface area contributed by atoms with Crippen molar-refractivity contribution >= 4 is 17.4 Å². The van der Waals surface area contributed by atoms with Crippen molar-refractivity contribution < 1.29 is 4.79 Å². The number of rotatable bonds is 2. The van der Waals surface area contributed by atoms with Crippen molar-refractivity contribution in [2.24, 2.45) is 11.7 Å². The van der Waals surface area contributed by atoms with Crippen LogP contribution in [-0.4, -0.2) is 30.6 Å². The average molecular weight is 291 g/mol. The highest BCUT2D eigenvalue weighted by Crippen LogP contribution is 2.17. The first-order valence-corrected chi connectivity index (χ1v) is 7.86. The summed E-state index contributed by atoms with van der Waals surface area (Å²) in [4.78, 5) is 15.1. The largest absolute Gasteiger partial charge is 0.333 e. The van der Waals surface area contributed by atoms with E-state index in [9.17, 15) is 4.79 Å². The van der Waals surface area contributed by atoms with E-state index >= 15 is 0 Å². The van der Waals surface area contributed by atoms with Crippen LogP contribution in [0.5, 0.6) is 0 Å². The van der Waals surface area contributed by atoms with Crippen molar-refractivity contribution in [2.75, 3.05) is 19.6 Å². The molecule has 0 spiro atoms. The van der Waals surface area contributed by atoms with Gasteiger partial charge in [-0.05, 0) is 30.2 Å². The minimum absolute atomic E-state index is 0.0306. The lowest BCUT2D eigenvalue weighted by Crippen LogP contribution is -2.43. The van der Waals surface area contributed by atoms with Crippen molar-refractivity contribution in [3.8, 4) is 11.8 Å². The number of likely N-dealkylation sites (tertiary alicyclic amines) is 1. The molecule has 0 atom stereocenters. The number of hydrogen-bond donors (Lipinski definition) is 2. The number of carbonyl (C=O) groups excluding carboxylic acids is 1. The predicted molar refractivity (Wildman–Crippen MR) is 82.5 cm³/mol. The highest BCUT2D eigenvalue weighted by atomic mass is 32.1. The second-order valence-electron chi connectivity index (χ2n) is 5.09. The standard InChI is InChI=1S/C15H21N3OS/c1-12-4-8-18(9-5-12)15(19)17-11-14-13(3-2-7-16)6-10-20-14/h6,10,12H,4-5,7-9,11,16H2,1H3,(H,17,19). The van der Waals surface area contributed by atoms with Crippen LogP contribution in [0.25, 0.3) is 0 Å². The number of nitrogens with zero attached hydrogens (tertiary/aromatic N) is 1. The van der Waals surface area contributed by atoms with Gasteiger partial charge < -0.3 is 16.0 Å². The molecule has 0 unspecified atom stereocenters. The van der Waals surface area contributed by atoms with E-state index in [1.807, 2.05) is 16.3 Å². The Bertz CT molecular complexity index is 507. The number of carbonyl (C=O) groups is 1. The van der Waals surface area contributed by atoms with Crippen LogP contribution in [0.1, 0.15) is 30.2 Å². The van der Waals surface area contributed by atoms with Crippen LogP contribution < -0.4 is 11.1 Å². The number of urea groups is 1. The summed E-state index contributed by atoms with van der Waals surface area (Å²) >= 11 is 1.61. The summed E-state index contributed by atoms with van der Waals surface area (Å²) in [5, 5.41) is 4.98. The summed E-state index contributed by atoms with van der Waals surface area (Å²) in [5.74, 6) is 6.61. The van der Waals surface area contributed by atoms with Crippen LogP contribution in [0.15, 0.2) is 11.4 Å². The number of hydrogen-bond acceptors (Lipinski definition) is 3. The Labute approximate surface area is 124 Å². The molecule has 1 aliphatic heterocycles. The van der Waals surface area contributed by atoms with Crippen LogP contribution in [0, 0.1) is 17.8 Å². The fourth-order valence-electron chi connectivity index (χ4n) is 2.21. The molecular weight excluding hydrogens is 270 g/mol. The molecule has 1 aliphatic rings. The lowest BCUT2D eigenvalue weighted by Gasteiger charge is -2.30. The van der Waals surface area contributed by atoms with E-state index in [0.717, 1.165) is 42.3 Å². The first kappa shape index (κ1) is 14.9. The van der Waals surface area contributed by atoms with Crippen molar-refractivity contribution in [3.05, 3.63) is 21.9 Å². The van der Waals surface area contributed by atoms with E-state index in [1.165, 1.54) is 0 Å². The van der Waals surface area contributed by atoms with Crippen molar-refractivity contribution in [1.29, 1.82) is 0 Å². The van der Waals surface area contributed by atoms with Gasteiger partial charge in [-0.3, -0.25) is 0 Å². The SMILES string of the molecule is CC1CCN(C(=O)NCc2sccc2C#CCN)CC1. The molecule has 1 fully saturated rings.